The van der Waals surface area contributed by atoms with Gasteiger partial charge in [0.15, 0.2) is 12.3 Å². The van der Waals surface area contributed by atoms with E-state index in [1.54, 1.807) is 0 Å². The Balaban J connectivity index is 1.24. The molecule has 5 aliphatic rings. The van der Waals surface area contributed by atoms with E-state index in [2.05, 4.69) is 35.9 Å². The first-order chi connectivity index (χ1) is 19.9. The van der Waals surface area contributed by atoms with Crippen molar-refractivity contribution in [2.24, 2.45) is 16.6 Å². The number of rotatable bonds is 3. The molecule has 4 aliphatic heterocycles. The quantitative estimate of drug-likeness (QED) is 0.164. The maximum atomic E-state index is 15.5. The first-order valence-corrected chi connectivity index (χ1v) is 15.7. The molecule has 1 saturated carbocycles. The van der Waals surface area contributed by atoms with Gasteiger partial charge in [0.25, 0.3) is 5.91 Å². The number of hydrogen-bond donors (Lipinski definition) is 7. The van der Waals surface area contributed by atoms with Gasteiger partial charge in [-0.3, -0.25) is 38.9 Å². The highest BCUT2D eigenvalue weighted by Gasteiger charge is 2.56. The minimum atomic E-state index is -5.00. The van der Waals surface area contributed by atoms with Crippen LogP contribution in [0.2, 0.25) is 0 Å². The summed E-state index contributed by atoms with van der Waals surface area (Å²) < 4.78 is 68.0. The molecule has 0 spiro atoms. The molecule has 5 unspecified atom stereocenters. The summed E-state index contributed by atoms with van der Waals surface area (Å²) in [6.45, 7) is -1.42. The van der Waals surface area contributed by atoms with Crippen molar-refractivity contribution in [2.45, 2.75) is 67.8 Å². The highest BCUT2D eigenvalue weighted by atomic mass is 31.2. The van der Waals surface area contributed by atoms with Gasteiger partial charge in [0.05, 0.1) is 25.6 Å². The fraction of sp³-hybridized carbons (Fsp3) is 0.737. The maximum absolute atomic E-state index is 15.5. The van der Waals surface area contributed by atoms with E-state index in [1.807, 2.05) is 0 Å². The van der Waals surface area contributed by atoms with Crippen LogP contribution in [0.5, 0.6) is 0 Å². The summed E-state index contributed by atoms with van der Waals surface area (Å²) in [5, 5.41) is 19.0. The zero-order valence-corrected chi connectivity index (χ0v) is 23.2. The van der Waals surface area contributed by atoms with Gasteiger partial charge in [0.1, 0.15) is 55.7 Å². The number of anilines is 1. The van der Waals surface area contributed by atoms with E-state index >= 15 is 4.39 Å². The third kappa shape index (κ3) is 5.92. The Morgan fingerprint density at radius 2 is 1.81 bits per heavy atom. The van der Waals surface area contributed by atoms with E-state index in [0.29, 0.717) is 0 Å². The smallest absolute Gasteiger partial charge is 0.387 e. The molecule has 232 valence electrons. The van der Waals surface area contributed by atoms with Crippen LogP contribution in [0.25, 0.3) is 0 Å². The topological polar surface area (TPSA) is 274 Å². The van der Waals surface area contributed by atoms with Crippen molar-refractivity contribution >= 4 is 33.8 Å². The van der Waals surface area contributed by atoms with Gasteiger partial charge < -0.3 is 35.2 Å². The number of phosphoric ester groups is 2. The number of hydrogen-bond acceptors (Lipinski definition) is 17. The lowest BCUT2D eigenvalue weighted by atomic mass is 10.1. The van der Waals surface area contributed by atoms with E-state index in [4.69, 9.17) is 28.6 Å². The monoisotopic (exact) mass is 639 g/mol. The second kappa shape index (κ2) is 11.3. The summed E-state index contributed by atoms with van der Waals surface area (Å²) in [4.78, 5) is 50.2. The summed E-state index contributed by atoms with van der Waals surface area (Å²) >= 11 is 0. The van der Waals surface area contributed by atoms with Gasteiger partial charge >= 0.3 is 15.6 Å². The molecular formula is C19H28FN9O11P2. The van der Waals surface area contributed by atoms with E-state index in [0.717, 1.165) is 0 Å². The number of alkyl halides is 1. The van der Waals surface area contributed by atoms with Crippen LogP contribution in [-0.4, -0.2) is 122 Å². The maximum Gasteiger partial charge on any atom is 0.472 e. The number of carbonyl (C=O) groups is 1. The van der Waals surface area contributed by atoms with E-state index in [1.165, 1.54) is 23.9 Å². The number of ether oxygens (including phenoxy) is 1. The average molecular weight is 639 g/mol. The van der Waals surface area contributed by atoms with Crippen LogP contribution in [-0.2, 0) is 36.8 Å². The first-order valence-electron chi connectivity index (χ1n) is 12.7. The molecule has 6 rings (SSSR count). The van der Waals surface area contributed by atoms with Crippen LogP contribution in [0.15, 0.2) is 17.6 Å². The molecule has 0 aromatic carbocycles. The molecule has 42 heavy (non-hydrogen) atoms. The standard InChI is InChI=1S/C19H28FN9O11P2/c20-10-8(26-19-23-4-22-5-24-19)1-7-2-36-41(32,33)40-14-12(30)9(3-37-42(34,35)39-13(7)10)38-17(14)29-6-25-11-15(29)27-18(21)28-16(11)31/h4-15,17-18,27,30H,1-3,21H2,(H,28,31)(H,32,33)(H,34,35)(H,22,23,24,26)/t7-,8-,9-,10+,11?,12-,13-,14-,15?,17-,18?/m1/s1. The molecule has 1 aromatic rings. The molecule has 20 nitrogen and oxygen atoms in total. The highest BCUT2D eigenvalue weighted by Crippen LogP contribution is 2.53. The Labute approximate surface area is 236 Å². The SMILES string of the molecule is NC1NC(=O)C2N=CN([C@@H]3O[C@@H]4COP(=O)(O)O[C@@H]5[C@@H](COP(=O)(O)O[C@@H]3[C@@H]4O)C[C@@H](Nc3ncncn3)[C@@H]5F)C2N1. The fourth-order valence-electron chi connectivity index (χ4n) is 5.48. The molecule has 8 N–H and O–H groups in total. The lowest BCUT2D eigenvalue weighted by molar-refractivity contribution is -0.130. The first kappa shape index (κ1) is 29.8. The molecule has 0 radical (unpaired) electrons. The van der Waals surface area contributed by atoms with Gasteiger partial charge in [-0.15, -0.1) is 0 Å². The number of nitrogens with two attached hydrogens (primary N) is 1. The van der Waals surface area contributed by atoms with Gasteiger partial charge in [-0.2, -0.15) is 0 Å². The summed E-state index contributed by atoms with van der Waals surface area (Å²) in [5.41, 5.74) is 5.81. The van der Waals surface area contributed by atoms with Crippen LogP contribution in [0.1, 0.15) is 6.42 Å². The Bertz CT molecular complexity index is 1300. The number of halogens is 1. The molecule has 13 atom stereocenters. The number of aliphatic imine (C=N–C) groups is 1. The minimum absolute atomic E-state index is 0.0271. The number of phosphoric acid groups is 2. The Morgan fingerprint density at radius 1 is 1.12 bits per heavy atom. The third-order valence-electron chi connectivity index (χ3n) is 7.40. The van der Waals surface area contributed by atoms with Crippen molar-refractivity contribution in [3.63, 3.8) is 0 Å². The summed E-state index contributed by atoms with van der Waals surface area (Å²) in [7, 11) is -10.00. The van der Waals surface area contributed by atoms with Crippen LogP contribution >= 0.6 is 15.6 Å². The van der Waals surface area contributed by atoms with Crippen LogP contribution in [0.3, 0.4) is 0 Å². The van der Waals surface area contributed by atoms with Crippen molar-refractivity contribution in [1.29, 1.82) is 0 Å². The average Bonchev–Trinajstić information content (AvgIpc) is 3.57. The van der Waals surface area contributed by atoms with Crippen LogP contribution in [0.4, 0.5) is 10.3 Å². The van der Waals surface area contributed by atoms with Crippen LogP contribution < -0.4 is 21.7 Å². The van der Waals surface area contributed by atoms with Gasteiger partial charge in [0.2, 0.25) is 5.95 Å². The summed E-state index contributed by atoms with van der Waals surface area (Å²) in [5.74, 6) is -1.52. The number of aliphatic hydroxyl groups excluding tert-OH is 1. The molecule has 2 bridgehead atoms. The Hall–Kier alpha value is -2.26. The predicted octanol–water partition coefficient (Wildman–Crippen LogP) is -2.89. The Morgan fingerprint density at radius 3 is 2.55 bits per heavy atom. The van der Waals surface area contributed by atoms with Gasteiger partial charge in [-0.25, -0.2) is 28.5 Å². The van der Waals surface area contributed by atoms with Gasteiger partial charge in [0, 0.05) is 5.92 Å². The van der Waals surface area contributed by atoms with Crippen molar-refractivity contribution in [3.8, 4) is 0 Å². The van der Waals surface area contributed by atoms with Crippen molar-refractivity contribution in [2.75, 3.05) is 18.5 Å². The number of carbonyl (C=O) groups excluding carboxylic acids is 1. The number of aromatic nitrogens is 3. The Kier molecular flexibility index (Phi) is 8.05. The second-order valence-electron chi connectivity index (χ2n) is 10.1. The fourth-order valence-corrected chi connectivity index (χ4v) is 7.45. The molecule has 23 heteroatoms. The van der Waals surface area contributed by atoms with Crippen molar-refractivity contribution < 1.29 is 56.0 Å². The van der Waals surface area contributed by atoms with Gasteiger partial charge in [-0.05, 0) is 6.42 Å². The van der Waals surface area contributed by atoms with Crippen molar-refractivity contribution in [3.05, 3.63) is 12.7 Å². The largest absolute Gasteiger partial charge is 0.472 e. The van der Waals surface area contributed by atoms with Gasteiger partial charge in [-0.1, -0.05) is 0 Å². The van der Waals surface area contributed by atoms with E-state index in [-0.39, 0.29) is 12.4 Å². The molecule has 1 amide bonds. The molecule has 3 saturated heterocycles. The minimum Gasteiger partial charge on any atom is -0.387 e. The van der Waals surface area contributed by atoms with E-state index < -0.39 is 102 Å². The lowest BCUT2D eigenvalue weighted by Crippen LogP contribution is -2.70. The summed E-state index contributed by atoms with van der Waals surface area (Å²) in [6, 6.07) is -2.01. The number of aliphatic hydroxyl groups is 1. The second-order valence-corrected chi connectivity index (χ2v) is 12.9. The van der Waals surface area contributed by atoms with Crippen LogP contribution in [0, 0.1) is 5.92 Å². The predicted molar refractivity (Wildman–Crippen MR) is 133 cm³/mol. The van der Waals surface area contributed by atoms with Crippen molar-refractivity contribution in [1.82, 2.24) is 30.5 Å². The lowest BCUT2D eigenvalue weighted by Gasteiger charge is -2.39. The number of nitrogens with zero attached hydrogens (tertiary/aromatic N) is 5. The third-order valence-corrected chi connectivity index (χ3v) is 9.37. The summed E-state index contributed by atoms with van der Waals surface area (Å²) in [6.07, 6.45) is -8.04. The highest BCUT2D eigenvalue weighted by molar-refractivity contribution is 7.47. The van der Waals surface area contributed by atoms with E-state index in [9.17, 15) is 28.8 Å². The zero-order chi connectivity index (χ0) is 29.8. The number of nitrogens with one attached hydrogen (secondary N) is 3. The number of amides is 1. The molecule has 4 fully saturated rings. The zero-order valence-electron chi connectivity index (χ0n) is 21.4. The molecule has 1 aliphatic carbocycles. The molecule has 1 aromatic heterocycles. The number of fused-ring (bicyclic) bond motifs is 4. The molecular weight excluding hydrogens is 611 g/mol. The molecule has 5 heterocycles. The normalized spacial score (nSPS) is 47.5.